The van der Waals surface area contributed by atoms with Gasteiger partial charge in [0, 0.05) is 57.4 Å². The minimum absolute atomic E-state index is 0.688. The summed E-state index contributed by atoms with van der Waals surface area (Å²) in [6.45, 7) is 10.2. The van der Waals surface area contributed by atoms with E-state index in [1.807, 2.05) is 13.0 Å². The quantitative estimate of drug-likeness (QED) is 0.865. The molecule has 4 heteroatoms. The second kappa shape index (κ2) is 6.71. The van der Waals surface area contributed by atoms with Gasteiger partial charge in [0.2, 0.25) is 0 Å². The van der Waals surface area contributed by atoms with Gasteiger partial charge in [-0.2, -0.15) is 0 Å². The Kier molecular flexibility index (Phi) is 4.44. The van der Waals surface area contributed by atoms with Gasteiger partial charge in [-0.1, -0.05) is 18.2 Å². The predicted octanol–water partition coefficient (Wildman–Crippen LogP) is 2.69. The molecular formula is C20H27N3O. The SMILES string of the molecule is Cc1ccc(-c2cccc(CN3CCN4CCN(C)C[C@H]4C3)c2)o1. The van der Waals surface area contributed by atoms with Crippen LogP contribution in [0.2, 0.25) is 0 Å². The summed E-state index contributed by atoms with van der Waals surface area (Å²) in [4.78, 5) is 7.73. The van der Waals surface area contributed by atoms with Gasteiger partial charge in [0.15, 0.2) is 0 Å². The van der Waals surface area contributed by atoms with Crippen molar-refractivity contribution in [3.8, 4) is 11.3 Å². The Balaban J connectivity index is 1.44. The lowest BCUT2D eigenvalue weighted by Gasteiger charge is -2.46. The van der Waals surface area contributed by atoms with Gasteiger partial charge in [-0.05, 0) is 37.7 Å². The van der Waals surface area contributed by atoms with Gasteiger partial charge in [-0.15, -0.1) is 0 Å². The lowest BCUT2D eigenvalue weighted by Crippen LogP contribution is -2.61. The molecule has 0 bridgehead atoms. The van der Waals surface area contributed by atoms with E-state index < -0.39 is 0 Å². The van der Waals surface area contributed by atoms with E-state index in [4.69, 9.17) is 4.42 Å². The molecule has 4 rings (SSSR count). The molecule has 2 aliphatic rings. The second-order valence-corrected chi connectivity index (χ2v) is 7.30. The molecule has 24 heavy (non-hydrogen) atoms. The molecule has 1 atom stereocenters. The molecule has 0 unspecified atom stereocenters. The molecule has 2 saturated heterocycles. The number of fused-ring (bicyclic) bond motifs is 1. The van der Waals surface area contributed by atoms with Crippen molar-refractivity contribution in [1.29, 1.82) is 0 Å². The third-order valence-electron chi connectivity index (χ3n) is 5.34. The van der Waals surface area contributed by atoms with Crippen molar-refractivity contribution < 1.29 is 4.42 Å². The Labute approximate surface area is 144 Å². The van der Waals surface area contributed by atoms with E-state index >= 15 is 0 Å². The van der Waals surface area contributed by atoms with Crippen molar-refractivity contribution in [2.75, 3.05) is 46.3 Å². The van der Waals surface area contributed by atoms with E-state index in [0.29, 0.717) is 6.04 Å². The van der Waals surface area contributed by atoms with Crippen LogP contribution in [-0.2, 0) is 6.54 Å². The fraction of sp³-hybridized carbons (Fsp3) is 0.500. The first-order chi connectivity index (χ1) is 11.7. The summed E-state index contributed by atoms with van der Waals surface area (Å²) < 4.78 is 5.77. The molecule has 0 aliphatic carbocycles. The summed E-state index contributed by atoms with van der Waals surface area (Å²) in [7, 11) is 2.24. The number of aryl methyl sites for hydroxylation is 1. The minimum Gasteiger partial charge on any atom is -0.461 e. The molecule has 2 aliphatic heterocycles. The van der Waals surface area contributed by atoms with Gasteiger partial charge in [0.1, 0.15) is 11.5 Å². The Hall–Kier alpha value is -1.62. The smallest absolute Gasteiger partial charge is 0.134 e. The zero-order valence-corrected chi connectivity index (χ0v) is 14.7. The lowest BCUT2D eigenvalue weighted by atomic mass is 10.1. The maximum Gasteiger partial charge on any atom is 0.134 e. The molecule has 0 saturated carbocycles. The van der Waals surface area contributed by atoms with E-state index in [1.165, 1.54) is 50.4 Å². The van der Waals surface area contributed by atoms with Crippen molar-refractivity contribution in [3.63, 3.8) is 0 Å². The van der Waals surface area contributed by atoms with Crippen LogP contribution in [0.5, 0.6) is 0 Å². The van der Waals surface area contributed by atoms with Crippen molar-refractivity contribution in [1.82, 2.24) is 14.7 Å². The van der Waals surface area contributed by atoms with E-state index in [1.54, 1.807) is 0 Å². The Morgan fingerprint density at radius 2 is 1.92 bits per heavy atom. The first-order valence-electron chi connectivity index (χ1n) is 8.98. The van der Waals surface area contributed by atoms with E-state index in [9.17, 15) is 0 Å². The van der Waals surface area contributed by atoms with Crippen LogP contribution < -0.4 is 0 Å². The molecule has 2 fully saturated rings. The summed E-state index contributed by atoms with van der Waals surface area (Å²) in [6, 6.07) is 13.6. The van der Waals surface area contributed by atoms with Gasteiger partial charge >= 0.3 is 0 Å². The Morgan fingerprint density at radius 3 is 2.75 bits per heavy atom. The molecule has 1 aromatic heterocycles. The second-order valence-electron chi connectivity index (χ2n) is 7.30. The largest absolute Gasteiger partial charge is 0.461 e. The van der Waals surface area contributed by atoms with Crippen molar-refractivity contribution in [2.45, 2.75) is 19.5 Å². The van der Waals surface area contributed by atoms with Gasteiger partial charge < -0.3 is 9.32 Å². The number of piperazine rings is 2. The van der Waals surface area contributed by atoms with Gasteiger partial charge in [-0.3, -0.25) is 9.80 Å². The minimum atomic E-state index is 0.688. The molecular weight excluding hydrogens is 298 g/mol. The van der Waals surface area contributed by atoms with Gasteiger partial charge in [-0.25, -0.2) is 0 Å². The standard InChI is InChI=1S/C20H27N3O/c1-16-6-7-20(24-16)18-5-3-4-17(12-18)13-22-9-11-23-10-8-21(2)14-19(23)15-22/h3-7,12,19H,8-11,13-15H2,1-2H3/t19-/m0/s1. The molecule has 0 radical (unpaired) electrons. The van der Waals surface area contributed by atoms with Gasteiger partial charge in [0.05, 0.1) is 0 Å². The molecule has 0 spiro atoms. The van der Waals surface area contributed by atoms with Crippen molar-refractivity contribution in [2.24, 2.45) is 0 Å². The summed E-state index contributed by atoms with van der Waals surface area (Å²) in [6.07, 6.45) is 0. The van der Waals surface area contributed by atoms with E-state index in [2.05, 4.69) is 52.1 Å². The van der Waals surface area contributed by atoms with Crippen molar-refractivity contribution in [3.05, 3.63) is 47.7 Å². The third-order valence-corrected chi connectivity index (χ3v) is 5.34. The van der Waals surface area contributed by atoms with Crippen LogP contribution in [0, 0.1) is 6.92 Å². The summed E-state index contributed by atoms with van der Waals surface area (Å²) in [5.74, 6) is 1.93. The van der Waals surface area contributed by atoms with E-state index in [-0.39, 0.29) is 0 Å². The summed E-state index contributed by atoms with van der Waals surface area (Å²) >= 11 is 0. The summed E-state index contributed by atoms with van der Waals surface area (Å²) in [5.41, 5.74) is 2.55. The number of furan rings is 1. The van der Waals surface area contributed by atoms with Crippen LogP contribution in [0.4, 0.5) is 0 Å². The first kappa shape index (κ1) is 15.9. The molecule has 0 amide bonds. The van der Waals surface area contributed by atoms with E-state index in [0.717, 1.165) is 18.1 Å². The van der Waals surface area contributed by atoms with Crippen LogP contribution in [0.3, 0.4) is 0 Å². The molecule has 1 aromatic carbocycles. The predicted molar refractivity (Wildman–Crippen MR) is 97.0 cm³/mol. The van der Waals surface area contributed by atoms with Gasteiger partial charge in [0.25, 0.3) is 0 Å². The maximum absolute atomic E-state index is 5.77. The fourth-order valence-corrected chi connectivity index (χ4v) is 3.99. The highest BCUT2D eigenvalue weighted by Gasteiger charge is 2.30. The number of rotatable bonds is 3. The Morgan fingerprint density at radius 1 is 1.04 bits per heavy atom. The van der Waals surface area contributed by atoms with Crippen LogP contribution in [0.25, 0.3) is 11.3 Å². The normalized spacial score (nSPS) is 23.3. The summed E-state index contributed by atoms with van der Waals surface area (Å²) in [5, 5.41) is 0. The third kappa shape index (κ3) is 3.41. The lowest BCUT2D eigenvalue weighted by molar-refractivity contribution is 0.0175. The molecule has 0 N–H and O–H groups in total. The number of hydrogen-bond acceptors (Lipinski definition) is 4. The number of benzene rings is 1. The van der Waals surface area contributed by atoms with Crippen LogP contribution >= 0.6 is 0 Å². The fourth-order valence-electron chi connectivity index (χ4n) is 3.99. The molecule has 2 aromatic rings. The molecule has 3 heterocycles. The van der Waals surface area contributed by atoms with Crippen LogP contribution in [0.15, 0.2) is 40.8 Å². The number of nitrogens with zero attached hydrogens (tertiary/aromatic N) is 3. The molecule has 128 valence electrons. The topological polar surface area (TPSA) is 22.9 Å². The highest BCUT2D eigenvalue weighted by Crippen LogP contribution is 2.24. The zero-order chi connectivity index (χ0) is 16.5. The maximum atomic E-state index is 5.77. The average molecular weight is 325 g/mol. The van der Waals surface area contributed by atoms with Crippen LogP contribution in [-0.4, -0.2) is 67.1 Å². The monoisotopic (exact) mass is 325 g/mol. The molecule has 4 nitrogen and oxygen atoms in total. The number of hydrogen-bond donors (Lipinski definition) is 0. The number of likely N-dealkylation sites (N-methyl/N-ethyl adjacent to an activating group) is 1. The highest BCUT2D eigenvalue weighted by atomic mass is 16.3. The Bertz CT molecular complexity index is 696. The highest BCUT2D eigenvalue weighted by molar-refractivity contribution is 5.58. The zero-order valence-electron chi connectivity index (χ0n) is 14.7. The van der Waals surface area contributed by atoms with Crippen molar-refractivity contribution >= 4 is 0 Å². The average Bonchev–Trinajstić information content (AvgIpc) is 3.01. The first-order valence-corrected chi connectivity index (χ1v) is 8.98. The van der Waals surface area contributed by atoms with Crippen LogP contribution in [0.1, 0.15) is 11.3 Å².